The quantitative estimate of drug-likeness (QED) is 0.362. The zero-order chi connectivity index (χ0) is 25.4. The number of aromatic nitrogens is 1. The average molecular weight is 514 g/mol. The van der Waals surface area contributed by atoms with Gasteiger partial charge in [-0.15, -0.1) is 4.37 Å². The second kappa shape index (κ2) is 12.6. The highest BCUT2D eigenvalue weighted by atomic mass is 32.1. The van der Waals surface area contributed by atoms with Gasteiger partial charge in [0.15, 0.2) is 5.00 Å². The van der Waals surface area contributed by atoms with E-state index in [2.05, 4.69) is 19.9 Å². The molecular formula is C22H29F2N5O5S. The molecule has 10 nitrogen and oxygen atoms in total. The number of nitrogens with two attached hydrogens (primary N) is 1. The maximum absolute atomic E-state index is 14.1. The summed E-state index contributed by atoms with van der Waals surface area (Å²) in [6.07, 6.45) is 1.63. The van der Waals surface area contributed by atoms with E-state index < -0.39 is 36.5 Å². The molecule has 13 heteroatoms. The monoisotopic (exact) mass is 513 g/mol. The summed E-state index contributed by atoms with van der Waals surface area (Å²) in [5, 5.41) is 15.2. The first kappa shape index (κ1) is 26.6. The standard InChI is InChI=1S/C22H29F2N5O5S/c1-13-10-16(23)15(17(24)11-13)12-33-19-18(34-21(25)31)20(35-28-19)27-22(32)26-6-4-14(30)5-9-29-7-2-3-8-29/h10-11,14,30H,2-9,12H2,1H3,(H2,25,31)(H2,26,27,32). The maximum atomic E-state index is 14.1. The summed E-state index contributed by atoms with van der Waals surface area (Å²) < 4.78 is 42.3. The highest BCUT2D eigenvalue weighted by Gasteiger charge is 2.22. The number of anilines is 1. The van der Waals surface area contributed by atoms with Gasteiger partial charge in [-0.2, -0.15) is 0 Å². The summed E-state index contributed by atoms with van der Waals surface area (Å²) in [6.45, 7) is 4.16. The van der Waals surface area contributed by atoms with Gasteiger partial charge in [-0.25, -0.2) is 18.4 Å². The number of likely N-dealkylation sites (tertiary alicyclic amines) is 1. The van der Waals surface area contributed by atoms with Crippen molar-refractivity contribution in [2.24, 2.45) is 5.73 Å². The average Bonchev–Trinajstić information content (AvgIpc) is 3.42. The fourth-order valence-corrected chi connectivity index (χ4v) is 4.28. The molecule has 1 atom stereocenters. The lowest BCUT2D eigenvalue weighted by atomic mass is 10.1. The van der Waals surface area contributed by atoms with Gasteiger partial charge in [0, 0.05) is 13.1 Å². The Morgan fingerprint density at radius 1 is 1.26 bits per heavy atom. The van der Waals surface area contributed by atoms with Crippen LogP contribution in [0, 0.1) is 18.6 Å². The normalized spacial score (nSPS) is 14.5. The van der Waals surface area contributed by atoms with Crippen molar-refractivity contribution in [1.29, 1.82) is 0 Å². The van der Waals surface area contributed by atoms with Gasteiger partial charge >= 0.3 is 12.1 Å². The van der Waals surface area contributed by atoms with E-state index in [1.54, 1.807) is 6.92 Å². The first-order valence-electron chi connectivity index (χ1n) is 11.2. The van der Waals surface area contributed by atoms with Crippen LogP contribution in [0.3, 0.4) is 0 Å². The Hall–Kier alpha value is -3.03. The number of carbonyl (C=O) groups excluding carboxylic acids is 2. The molecule has 0 bridgehead atoms. The number of amides is 3. The highest BCUT2D eigenvalue weighted by Crippen LogP contribution is 2.39. The summed E-state index contributed by atoms with van der Waals surface area (Å²) >= 11 is 0.732. The number of urea groups is 1. The van der Waals surface area contributed by atoms with Crippen LogP contribution < -0.4 is 25.8 Å². The molecule has 0 spiro atoms. The number of nitrogens with one attached hydrogen (secondary N) is 2. The molecule has 192 valence electrons. The predicted octanol–water partition coefficient (Wildman–Crippen LogP) is 3.12. The van der Waals surface area contributed by atoms with Crippen molar-refractivity contribution < 1.29 is 33.0 Å². The molecule has 0 aliphatic carbocycles. The third-order valence-electron chi connectivity index (χ3n) is 5.43. The Morgan fingerprint density at radius 3 is 2.60 bits per heavy atom. The number of hydrogen-bond donors (Lipinski definition) is 4. The Kier molecular flexibility index (Phi) is 9.57. The molecule has 1 aliphatic heterocycles. The summed E-state index contributed by atoms with van der Waals surface area (Å²) in [7, 11) is 0. The van der Waals surface area contributed by atoms with Crippen molar-refractivity contribution in [3.8, 4) is 11.6 Å². The zero-order valence-corrected chi connectivity index (χ0v) is 20.1. The van der Waals surface area contributed by atoms with Crippen molar-refractivity contribution in [3.63, 3.8) is 0 Å². The lowest BCUT2D eigenvalue weighted by Gasteiger charge is -2.17. The van der Waals surface area contributed by atoms with Crippen LogP contribution in [0.1, 0.15) is 36.8 Å². The van der Waals surface area contributed by atoms with E-state index >= 15 is 0 Å². The van der Waals surface area contributed by atoms with Crippen LogP contribution in [0.2, 0.25) is 0 Å². The van der Waals surface area contributed by atoms with Crippen molar-refractivity contribution >= 4 is 28.7 Å². The smallest absolute Gasteiger partial charge is 0.410 e. The van der Waals surface area contributed by atoms with Gasteiger partial charge in [0.2, 0.25) is 5.75 Å². The number of aliphatic hydroxyl groups is 1. The number of aryl methyl sites for hydroxylation is 1. The van der Waals surface area contributed by atoms with Crippen LogP contribution in [-0.2, 0) is 6.61 Å². The lowest BCUT2D eigenvalue weighted by molar-refractivity contribution is 0.138. The van der Waals surface area contributed by atoms with Gasteiger partial charge in [-0.3, -0.25) is 5.32 Å². The van der Waals surface area contributed by atoms with Crippen molar-refractivity contribution in [2.75, 3.05) is 31.5 Å². The fraction of sp³-hybridized carbons (Fsp3) is 0.500. The molecule has 1 saturated heterocycles. The van der Waals surface area contributed by atoms with E-state index in [9.17, 15) is 23.5 Å². The van der Waals surface area contributed by atoms with E-state index in [1.807, 2.05) is 0 Å². The van der Waals surface area contributed by atoms with Gasteiger partial charge in [0.05, 0.1) is 11.7 Å². The van der Waals surface area contributed by atoms with Crippen molar-refractivity contribution in [1.82, 2.24) is 14.6 Å². The van der Waals surface area contributed by atoms with Gasteiger partial charge < -0.3 is 30.5 Å². The van der Waals surface area contributed by atoms with Crippen LogP contribution in [0.4, 0.5) is 23.4 Å². The number of primary amides is 1. The molecule has 1 unspecified atom stereocenters. The summed E-state index contributed by atoms with van der Waals surface area (Å²) in [4.78, 5) is 25.9. The number of nitrogens with zero attached hydrogens (tertiary/aromatic N) is 2. The number of ether oxygens (including phenoxy) is 2. The molecule has 0 saturated carbocycles. The number of hydrogen-bond acceptors (Lipinski definition) is 8. The largest absolute Gasteiger partial charge is 0.469 e. The minimum Gasteiger partial charge on any atom is -0.469 e. The zero-order valence-electron chi connectivity index (χ0n) is 19.3. The van der Waals surface area contributed by atoms with Gasteiger partial charge in [-0.1, -0.05) is 0 Å². The molecule has 1 aromatic carbocycles. The first-order valence-corrected chi connectivity index (χ1v) is 12.0. The molecule has 2 aromatic rings. The Morgan fingerprint density at radius 2 is 1.94 bits per heavy atom. The van der Waals surface area contributed by atoms with Crippen LogP contribution in [-0.4, -0.2) is 58.8 Å². The number of rotatable bonds is 11. The molecule has 1 aromatic heterocycles. The van der Waals surface area contributed by atoms with Crippen LogP contribution in [0.15, 0.2) is 12.1 Å². The third-order valence-corrected chi connectivity index (χ3v) is 6.16. The van der Waals surface area contributed by atoms with E-state index in [0.29, 0.717) is 18.4 Å². The topological polar surface area (TPSA) is 139 Å². The maximum Gasteiger partial charge on any atom is 0.410 e. The van der Waals surface area contributed by atoms with Crippen LogP contribution >= 0.6 is 11.5 Å². The van der Waals surface area contributed by atoms with E-state index in [-0.39, 0.29) is 28.7 Å². The Bertz CT molecular complexity index is 1010. The second-order valence-corrected chi connectivity index (χ2v) is 9.00. The van der Waals surface area contributed by atoms with Crippen molar-refractivity contribution in [3.05, 3.63) is 34.9 Å². The highest BCUT2D eigenvalue weighted by molar-refractivity contribution is 7.11. The predicted molar refractivity (Wildman–Crippen MR) is 126 cm³/mol. The molecule has 35 heavy (non-hydrogen) atoms. The fourth-order valence-electron chi connectivity index (χ4n) is 3.62. The minimum atomic E-state index is -1.19. The molecule has 3 amide bonds. The molecule has 1 fully saturated rings. The minimum absolute atomic E-state index is 0.00994. The van der Waals surface area contributed by atoms with Crippen LogP contribution in [0.5, 0.6) is 11.6 Å². The second-order valence-electron chi connectivity index (χ2n) is 8.22. The van der Waals surface area contributed by atoms with Gasteiger partial charge in [0.1, 0.15) is 18.2 Å². The number of benzene rings is 1. The number of aliphatic hydroxyl groups excluding tert-OH is 1. The van der Waals surface area contributed by atoms with Gasteiger partial charge in [-0.05, 0) is 74.9 Å². The molecule has 1 aliphatic rings. The Labute approximate surface area is 205 Å². The van der Waals surface area contributed by atoms with Gasteiger partial charge in [0.25, 0.3) is 5.88 Å². The number of halogens is 2. The summed E-state index contributed by atoms with van der Waals surface area (Å²) in [5.74, 6) is -2.14. The molecular weight excluding hydrogens is 484 g/mol. The summed E-state index contributed by atoms with van der Waals surface area (Å²) in [5.41, 5.74) is 5.17. The molecule has 2 heterocycles. The lowest BCUT2D eigenvalue weighted by Crippen LogP contribution is -2.32. The van der Waals surface area contributed by atoms with Crippen LogP contribution in [0.25, 0.3) is 0 Å². The summed E-state index contributed by atoms with van der Waals surface area (Å²) in [6, 6.07) is 1.69. The van der Waals surface area contributed by atoms with E-state index in [4.69, 9.17) is 15.2 Å². The first-order chi connectivity index (χ1) is 16.7. The number of carbonyl (C=O) groups is 2. The molecule has 3 rings (SSSR count). The SMILES string of the molecule is Cc1cc(F)c(COc2nsc(NC(=O)NCCC(O)CCN3CCCC3)c2OC(N)=O)c(F)c1. The molecule has 5 N–H and O–H groups in total. The van der Waals surface area contributed by atoms with E-state index in [1.165, 1.54) is 12.8 Å². The van der Waals surface area contributed by atoms with E-state index in [0.717, 1.165) is 43.3 Å². The third kappa shape index (κ3) is 8.01. The van der Waals surface area contributed by atoms with Crippen molar-refractivity contribution in [2.45, 2.75) is 45.3 Å². The molecule has 0 radical (unpaired) electrons. The Balaban J connectivity index is 1.53.